The minimum absolute atomic E-state index is 0.0264. The summed E-state index contributed by atoms with van der Waals surface area (Å²) in [5.74, 6) is -0.133. The van der Waals surface area contributed by atoms with Crippen LogP contribution in [-0.2, 0) is 22.1 Å². The van der Waals surface area contributed by atoms with Gasteiger partial charge in [-0.2, -0.15) is 13.2 Å². The van der Waals surface area contributed by atoms with Crippen molar-refractivity contribution < 1.29 is 22.7 Å². The second kappa shape index (κ2) is 10.7. The molecule has 2 aromatic rings. The number of hydrogen-bond acceptors (Lipinski definition) is 4. The Bertz CT molecular complexity index is 943. The minimum atomic E-state index is -4.52. The third-order valence-corrected chi connectivity index (χ3v) is 5.64. The van der Waals surface area contributed by atoms with E-state index in [2.05, 4.69) is 22.7 Å². The second-order valence-corrected chi connectivity index (χ2v) is 7.99. The van der Waals surface area contributed by atoms with E-state index in [0.29, 0.717) is 19.0 Å². The zero-order valence-electron chi connectivity index (χ0n) is 17.7. The molecule has 9 heteroatoms. The Balaban J connectivity index is 1.72. The molecule has 0 amide bonds. The number of carbonyl (C=O) groups is 1. The molecule has 3 rings (SSSR count). The molecule has 0 radical (unpaired) electrons. The molecule has 2 aromatic carbocycles. The zero-order valence-corrected chi connectivity index (χ0v) is 18.4. The first-order valence-electron chi connectivity index (χ1n) is 10.4. The van der Waals surface area contributed by atoms with Crippen molar-refractivity contribution in [3.63, 3.8) is 0 Å². The van der Waals surface area contributed by atoms with Crippen LogP contribution in [-0.4, -0.2) is 36.4 Å². The van der Waals surface area contributed by atoms with Gasteiger partial charge in [0.15, 0.2) is 0 Å². The van der Waals surface area contributed by atoms with Crippen LogP contribution in [0.3, 0.4) is 0 Å². The van der Waals surface area contributed by atoms with E-state index in [4.69, 9.17) is 16.3 Å². The lowest BCUT2D eigenvalue weighted by Crippen LogP contribution is -2.43. The van der Waals surface area contributed by atoms with Gasteiger partial charge in [0.2, 0.25) is 5.84 Å². The van der Waals surface area contributed by atoms with Crippen LogP contribution in [0.4, 0.5) is 18.9 Å². The highest BCUT2D eigenvalue weighted by Gasteiger charge is 2.31. The highest BCUT2D eigenvalue weighted by molar-refractivity contribution is 6.35. The number of likely N-dealkylation sites (tertiary alicyclic amines) is 1. The monoisotopic (exact) mass is 467 g/mol. The third-order valence-electron chi connectivity index (χ3n) is 5.32. The molecule has 0 atom stereocenters. The average molecular weight is 468 g/mol. The van der Waals surface area contributed by atoms with E-state index in [-0.39, 0.29) is 23.2 Å². The van der Waals surface area contributed by atoms with Gasteiger partial charge in [-0.15, -0.1) is 5.10 Å². The molecular weight excluding hydrogens is 443 g/mol. The van der Waals surface area contributed by atoms with Crippen LogP contribution in [0.25, 0.3) is 0 Å². The molecule has 0 bridgehead atoms. The number of rotatable bonds is 5. The van der Waals surface area contributed by atoms with Gasteiger partial charge in [-0.1, -0.05) is 41.9 Å². The molecule has 1 heterocycles. The summed E-state index contributed by atoms with van der Waals surface area (Å²) >= 11 is 6.02. The van der Waals surface area contributed by atoms with Crippen molar-refractivity contribution >= 4 is 29.1 Å². The highest BCUT2D eigenvalue weighted by atomic mass is 35.5. The van der Waals surface area contributed by atoms with Crippen LogP contribution < -0.4 is 5.43 Å². The summed E-state index contributed by atoms with van der Waals surface area (Å²) in [6.07, 6.45) is -1.84. The number of alkyl halides is 3. The highest BCUT2D eigenvalue weighted by Crippen LogP contribution is 2.34. The average Bonchev–Trinajstić information content (AvgIpc) is 2.76. The molecule has 32 heavy (non-hydrogen) atoms. The van der Waals surface area contributed by atoms with Crippen molar-refractivity contribution in [3.05, 3.63) is 64.7 Å². The molecule has 1 saturated heterocycles. The number of carbonyl (C=O) groups excluding carboxylic acids is 1. The molecule has 0 aromatic heterocycles. The van der Waals surface area contributed by atoms with Crippen LogP contribution in [0, 0.1) is 5.92 Å². The van der Waals surface area contributed by atoms with Gasteiger partial charge in [-0.05, 0) is 55.9 Å². The van der Waals surface area contributed by atoms with Gasteiger partial charge < -0.3 is 9.64 Å². The van der Waals surface area contributed by atoms with Gasteiger partial charge in [-0.3, -0.25) is 5.43 Å². The maximum absolute atomic E-state index is 13.0. The van der Waals surface area contributed by atoms with Gasteiger partial charge >= 0.3 is 12.1 Å². The lowest BCUT2D eigenvalue weighted by Gasteiger charge is -2.33. The van der Waals surface area contributed by atoms with Crippen molar-refractivity contribution in [2.75, 3.05) is 25.1 Å². The number of piperidine rings is 1. The van der Waals surface area contributed by atoms with E-state index in [1.807, 2.05) is 18.2 Å². The lowest BCUT2D eigenvalue weighted by molar-refractivity contribution is -0.138. The Morgan fingerprint density at radius 1 is 1.19 bits per heavy atom. The van der Waals surface area contributed by atoms with Gasteiger partial charge in [0.05, 0.1) is 22.9 Å². The fourth-order valence-corrected chi connectivity index (χ4v) is 3.80. The van der Waals surface area contributed by atoms with Crippen molar-refractivity contribution in [3.8, 4) is 0 Å². The Kier molecular flexibility index (Phi) is 8.01. The fraction of sp³-hybridized carbons (Fsp3) is 0.391. The van der Waals surface area contributed by atoms with Crippen LogP contribution >= 0.6 is 11.6 Å². The summed E-state index contributed by atoms with van der Waals surface area (Å²) in [6.45, 7) is 3.02. The molecule has 0 aliphatic carbocycles. The summed E-state index contributed by atoms with van der Waals surface area (Å²) in [6, 6.07) is 13.1. The molecule has 172 valence electrons. The Morgan fingerprint density at radius 3 is 2.50 bits per heavy atom. The summed E-state index contributed by atoms with van der Waals surface area (Å²) in [4.78, 5) is 14.3. The first kappa shape index (κ1) is 23.9. The van der Waals surface area contributed by atoms with Crippen LogP contribution in [0.2, 0.25) is 5.02 Å². The Hall–Kier alpha value is -2.74. The molecule has 1 aliphatic rings. The predicted molar refractivity (Wildman–Crippen MR) is 119 cm³/mol. The zero-order chi connectivity index (χ0) is 23.1. The Morgan fingerprint density at radius 2 is 1.88 bits per heavy atom. The molecule has 1 N–H and O–H groups in total. The molecular formula is C23H25ClF3N3O2. The minimum Gasteiger partial charge on any atom is -0.460 e. The summed E-state index contributed by atoms with van der Waals surface area (Å²) < 4.78 is 44.2. The van der Waals surface area contributed by atoms with Crippen molar-refractivity contribution in [2.45, 2.75) is 32.4 Å². The van der Waals surface area contributed by atoms with E-state index < -0.39 is 17.7 Å². The maximum Gasteiger partial charge on any atom is 0.416 e. The predicted octanol–water partition coefficient (Wildman–Crippen LogP) is 5.60. The SMILES string of the molecule is CCOC(=O)/C(=N\Nc1cc(C(F)(F)F)ccc1Cl)N1CCC(Cc2ccccc2)CC1. The molecule has 1 aliphatic heterocycles. The summed E-state index contributed by atoms with van der Waals surface area (Å²) in [5, 5.41) is 4.16. The van der Waals surface area contributed by atoms with Crippen molar-refractivity contribution in [2.24, 2.45) is 11.0 Å². The van der Waals surface area contributed by atoms with E-state index in [9.17, 15) is 18.0 Å². The molecule has 0 unspecified atom stereocenters. The summed E-state index contributed by atoms with van der Waals surface area (Å²) in [5.41, 5.74) is 2.89. The number of nitrogens with one attached hydrogen (secondary N) is 1. The number of amidine groups is 1. The smallest absolute Gasteiger partial charge is 0.416 e. The van der Waals surface area contributed by atoms with Crippen LogP contribution in [0.5, 0.6) is 0 Å². The number of halogens is 4. The van der Waals surface area contributed by atoms with Crippen LogP contribution in [0.1, 0.15) is 30.9 Å². The van der Waals surface area contributed by atoms with Gasteiger partial charge in [-0.25, -0.2) is 4.79 Å². The normalized spacial score (nSPS) is 15.5. The molecule has 5 nitrogen and oxygen atoms in total. The number of anilines is 1. The number of esters is 1. The molecule has 0 saturated carbocycles. The first-order chi connectivity index (χ1) is 15.3. The largest absolute Gasteiger partial charge is 0.460 e. The van der Waals surface area contributed by atoms with E-state index in [0.717, 1.165) is 37.5 Å². The van der Waals surface area contributed by atoms with Crippen molar-refractivity contribution in [1.29, 1.82) is 0 Å². The van der Waals surface area contributed by atoms with Gasteiger partial charge in [0.1, 0.15) is 0 Å². The number of benzene rings is 2. The van der Waals surface area contributed by atoms with E-state index in [1.54, 1.807) is 11.8 Å². The van der Waals surface area contributed by atoms with E-state index in [1.165, 1.54) is 5.56 Å². The second-order valence-electron chi connectivity index (χ2n) is 7.58. The number of hydrazone groups is 1. The lowest BCUT2D eigenvalue weighted by atomic mass is 9.90. The Labute approximate surface area is 190 Å². The standard InChI is InChI=1S/C23H25ClF3N3O2/c1-2-32-22(31)21(29-28-20-15-18(23(25,26)27)8-9-19(20)24)30-12-10-17(11-13-30)14-16-6-4-3-5-7-16/h3-9,15,17,28H,2,10-14H2,1H3/b29-21+. The molecule has 1 fully saturated rings. The quantitative estimate of drug-likeness (QED) is 0.269. The first-order valence-corrected chi connectivity index (χ1v) is 10.8. The van der Waals surface area contributed by atoms with E-state index >= 15 is 0 Å². The van der Waals surface area contributed by atoms with Gasteiger partial charge in [0.25, 0.3) is 0 Å². The van der Waals surface area contributed by atoms with Gasteiger partial charge in [0, 0.05) is 13.1 Å². The topological polar surface area (TPSA) is 53.9 Å². The maximum atomic E-state index is 13.0. The summed E-state index contributed by atoms with van der Waals surface area (Å²) in [7, 11) is 0. The van der Waals surface area contributed by atoms with Crippen LogP contribution in [0.15, 0.2) is 53.6 Å². The number of hydrogen-bond donors (Lipinski definition) is 1. The number of nitrogens with zero attached hydrogens (tertiary/aromatic N) is 2. The molecule has 0 spiro atoms. The fourth-order valence-electron chi connectivity index (χ4n) is 3.64. The number of ether oxygens (including phenoxy) is 1. The third kappa shape index (κ3) is 6.38. The van der Waals surface area contributed by atoms with Crippen molar-refractivity contribution in [1.82, 2.24) is 4.90 Å².